The Morgan fingerprint density at radius 2 is 1.87 bits per heavy atom. The first-order valence-corrected chi connectivity index (χ1v) is 8.54. The molecule has 1 aromatic rings. The summed E-state index contributed by atoms with van der Waals surface area (Å²) in [5.41, 5.74) is 1.13. The van der Waals surface area contributed by atoms with Gasteiger partial charge in [-0.2, -0.15) is 0 Å². The highest BCUT2D eigenvalue weighted by Crippen LogP contribution is 2.43. The Kier molecular flexibility index (Phi) is 6.88. The van der Waals surface area contributed by atoms with E-state index in [1.807, 2.05) is 6.07 Å². The number of hydrogen-bond donors (Lipinski definition) is 2. The standard InChI is InChI=1S/C18H27N3O.ClH/c22-17(20-11-14-21-12-9-19-10-13-21)18(7-4-8-18)15-16-5-2-1-3-6-16;/h1-3,5-6,19H,4,7-15H2,(H,20,22);1H. The van der Waals surface area contributed by atoms with Crippen LogP contribution in [0.4, 0.5) is 0 Å². The van der Waals surface area contributed by atoms with Crippen molar-refractivity contribution in [1.82, 2.24) is 15.5 Å². The third kappa shape index (κ3) is 4.69. The van der Waals surface area contributed by atoms with E-state index in [0.29, 0.717) is 0 Å². The van der Waals surface area contributed by atoms with Gasteiger partial charge in [0.1, 0.15) is 0 Å². The normalized spacial score (nSPS) is 20.2. The number of halogens is 1. The van der Waals surface area contributed by atoms with Crippen LogP contribution in [-0.2, 0) is 11.2 Å². The summed E-state index contributed by atoms with van der Waals surface area (Å²) in [6.07, 6.45) is 4.12. The molecule has 3 rings (SSSR count). The molecule has 2 fully saturated rings. The van der Waals surface area contributed by atoms with Gasteiger partial charge in [0.25, 0.3) is 0 Å². The second-order valence-electron chi connectivity index (χ2n) is 6.64. The van der Waals surface area contributed by atoms with Gasteiger partial charge in [-0.25, -0.2) is 0 Å². The molecule has 5 heteroatoms. The average Bonchev–Trinajstić information content (AvgIpc) is 2.53. The number of carbonyl (C=O) groups excluding carboxylic acids is 1. The van der Waals surface area contributed by atoms with Gasteiger partial charge in [0.05, 0.1) is 5.41 Å². The largest absolute Gasteiger partial charge is 0.354 e. The van der Waals surface area contributed by atoms with Gasteiger partial charge in [-0.1, -0.05) is 36.8 Å². The van der Waals surface area contributed by atoms with Crippen molar-refractivity contribution in [3.8, 4) is 0 Å². The highest BCUT2D eigenvalue weighted by molar-refractivity contribution is 5.85. The van der Waals surface area contributed by atoms with Gasteiger partial charge >= 0.3 is 0 Å². The first-order chi connectivity index (χ1) is 10.8. The molecule has 0 unspecified atom stereocenters. The molecule has 1 amide bonds. The number of rotatable bonds is 6. The Balaban J connectivity index is 0.00000192. The van der Waals surface area contributed by atoms with E-state index in [2.05, 4.69) is 39.8 Å². The molecular formula is C18H28ClN3O. The summed E-state index contributed by atoms with van der Waals surface area (Å²) in [6.45, 7) is 6.04. The number of carbonyl (C=O) groups is 1. The molecule has 1 saturated carbocycles. The molecule has 23 heavy (non-hydrogen) atoms. The molecule has 1 heterocycles. The van der Waals surface area contributed by atoms with E-state index in [1.54, 1.807) is 0 Å². The number of hydrogen-bond acceptors (Lipinski definition) is 3. The summed E-state index contributed by atoms with van der Waals surface area (Å²) in [5.74, 6) is 0.262. The van der Waals surface area contributed by atoms with Crippen molar-refractivity contribution < 1.29 is 4.79 Å². The smallest absolute Gasteiger partial charge is 0.226 e. The zero-order valence-corrected chi connectivity index (χ0v) is 14.5. The fourth-order valence-electron chi connectivity index (χ4n) is 3.52. The minimum absolute atomic E-state index is 0. The maximum atomic E-state index is 12.7. The molecule has 0 spiro atoms. The highest BCUT2D eigenvalue weighted by Gasteiger charge is 2.43. The molecule has 0 radical (unpaired) electrons. The van der Waals surface area contributed by atoms with Gasteiger partial charge in [-0.3, -0.25) is 9.69 Å². The minimum atomic E-state index is -0.148. The van der Waals surface area contributed by atoms with Crippen LogP contribution in [0, 0.1) is 5.41 Å². The van der Waals surface area contributed by atoms with E-state index in [0.717, 1.165) is 58.5 Å². The molecule has 1 aromatic carbocycles. The predicted octanol–water partition coefficient (Wildman–Crippen LogP) is 1.84. The van der Waals surface area contributed by atoms with Crippen molar-refractivity contribution in [2.75, 3.05) is 39.3 Å². The van der Waals surface area contributed by atoms with Gasteiger partial charge in [0, 0.05) is 39.3 Å². The lowest BCUT2D eigenvalue weighted by atomic mass is 9.64. The second-order valence-corrected chi connectivity index (χ2v) is 6.64. The second kappa shape index (κ2) is 8.67. The summed E-state index contributed by atoms with van der Waals surface area (Å²) < 4.78 is 0. The van der Waals surface area contributed by atoms with Crippen LogP contribution in [0.3, 0.4) is 0 Å². The maximum Gasteiger partial charge on any atom is 0.226 e. The number of amides is 1. The quantitative estimate of drug-likeness (QED) is 0.832. The van der Waals surface area contributed by atoms with Crippen LogP contribution in [-0.4, -0.2) is 50.1 Å². The van der Waals surface area contributed by atoms with Gasteiger partial charge in [0.15, 0.2) is 0 Å². The number of nitrogens with zero attached hydrogens (tertiary/aromatic N) is 1. The monoisotopic (exact) mass is 337 g/mol. The molecule has 1 aliphatic carbocycles. The molecule has 1 aliphatic heterocycles. The third-order valence-electron chi connectivity index (χ3n) is 5.10. The topological polar surface area (TPSA) is 44.4 Å². The number of piperazine rings is 1. The Labute approximate surface area is 145 Å². The maximum absolute atomic E-state index is 12.7. The lowest BCUT2D eigenvalue weighted by molar-refractivity contribution is -0.136. The predicted molar refractivity (Wildman–Crippen MR) is 96.0 cm³/mol. The van der Waals surface area contributed by atoms with E-state index in [9.17, 15) is 4.79 Å². The Morgan fingerprint density at radius 3 is 2.48 bits per heavy atom. The molecule has 0 bridgehead atoms. The zero-order chi connectivity index (χ0) is 15.3. The summed E-state index contributed by atoms with van der Waals surface area (Å²) in [5, 5.41) is 6.55. The van der Waals surface area contributed by atoms with Crippen molar-refractivity contribution >= 4 is 18.3 Å². The van der Waals surface area contributed by atoms with Crippen molar-refractivity contribution in [2.24, 2.45) is 5.41 Å². The lowest BCUT2D eigenvalue weighted by Gasteiger charge is -2.40. The van der Waals surface area contributed by atoms with Crippen LogP contribution in [0.25, 0.3) is 0 Å². The lowest BCUT2D eigenvalue weighted by Crippen LogP contribution is -2.50. The fraction of sp³-hybridized carbons (Fsp3) is 0.611. The van der Waals surface area contributed by atoms with Crippen LogP contribution in [0.15, 0.2) is 30.3 Å². The Morgan fingerprint density at radius 1 is 1.17 bits per heavy atom. The average molecular weight is 338 g/mol. The van der Waals surface area contributed by atoms with Crippen molar-refractivity contribution in [3.63, 3.8) is 0 Å². The molecule has 1 saturated heterocycles. The van der Waals surface area contributed by atoms with E-state index in [-0.39, 0.29) is 23.7 Å². The van der Waals surface area contributed by atoms with Crippen molar-refractivity contribution in [1.29, 1.82) is 0 Å². The SMILES string of the molecule is Cl.O=C(NCCN1CCNCC1)C1(Cc2ccccc2)CCC1. The van der Waals surface area contributed by atoms with E-state index >= 15 is 0 Å². The molecule has 0 aromatic heterocycles. The van der Waals surface area contributed by atoms with Crippen molar-refractivity contribution in [2.45, 2.75) is 25.7 Å². The van der Waals surface area contributed by atoms with Crippen LogP contribution < -0.4 is 10.6 Å². The van der Waals surface area contributed by atoms with E-state index < -0.39 is 0 Å². The number of nitrogens with one attached hydrogen (secondary N) is 2. The molecule has 0 atom stereocenters. The zero-order valence-electron chi connectivity index (χ0n) is 13.7. The van der Waals surface area contributed by atoms with Gasteiger partial charge < -0.3 is 10.6 Å². The molecule has 128 valence electrons. The van der Waals surface area contributed by atoms with E-state index in [4.69, 9.17) is 0 Å². The Hall–Kier alpha value is -1.10. The third-order valence-corrected chi connectivity index (χ3v) is 5.10. The van der Waals surface area contributed by atoms with Crippen LogP contribution in [0.5, 0.6) is 0 Å². The molecule has 2 N–H and O–H groups in total. The molecule has 2 aliphatic rings. The highest BCUT2D eigenvalue weighted by atomic mass is 35.5. The van der Waals surface area contributed by atoms with E-state index in [1.165, 1.54) is 12.0 Å². The fourth-order valence-corrected chi connectivity index (χ4v) is 3.52. The van der Waals surface area contributed by atoms with Gasteiger partial charge in [0.2, 0.25) is 5.91 Å². The first-order valence-electron chi connectivity index (χ1n) is 8.54. The van der Waals surface area contributed by atoms with Crippen LogP contribution >= 0.6 is 12.4 Å². The summed E-state index contributed by atoms with van der Waals surface area (Å²) in [7, 11) is 0. The molecular weight excluding hydrogens is 310 g/mol. The van der Waals surface area contributed by atoms with Crippen molar-refractivity contribution in [3.05, 3.63) is 35.9 Å². The molecule has 4 nitrogen and oxygen atoms in total. The van der Waals surface area contributed by atoms with Gasteiger partial charge in [-0.15, -0.1) is 12.4 Å². The first kappa shape index (κ1) is 18.2. The summed E-state index contributed by atoms with van der Waals surface area (Å²) in [4.78, 5) is 15.1. The summed E-state index contributed by atoms with van der Waals surface area (Å²) >= 11 is 0. The Bertz CT molecular complexity index is 484. The number of benzene rings is 1. The minimum Gasteiger partial charge on any atom is -0.354 e. The van der Waals surface area contributed by atoms with Crippen LogP contribution in [0.1, 0.15) is 24.8 Å². The van der Waals surface area contributed by atoms with Gasteiger partial charge in [-0.05, 0) is 24.8 Å². The van der Waals surface area contributed by atoms with Crippen LogP contribution in [0.2, 0.25) is 0 Å². The summed E-state index contributed by atoms with van der Waals surface area (Å²) in [6, 6.07) is 10.4.